The van der Waals surface area contributed by atoms with Crippen molar-refractivity contribution in [3.8, 4) is 0 Å². The summed E-state index contributed by atoms with van der Waals surface area (Å²) in [5.74, 6) is 1.31. The number of rotatable bonds is 8. The normalized spacial score (nSPS) is 11.3. The van der Waals surface area contributed by atoms with Gasteiger partial charge in [0.05, 0.1) is 6.54 Å². The molecular formula is C18H25FN4OS. The van der Waals surface area contributed by atoms with E-state index in [9.17, 15) is 9.18 Å². The highest BCUT2D eigenvalue weighted by molar-refractivity contribution is 7.98. The maximum absolute atomic E-state index is 13.8. The molecule has 0 saturated carbocycles. The molecule has 0 radical (unpaired) electrons. The van der Waals surface area contributed by atoms with Crippen LogP contribution in [0.5, 0.6) is 0 Å². The number of amides is 1. The van der Waals surface area contributed by atoms with E-state index >= 15 is 0 Å². The minimum absolute atomic E-state index is 0.0142. The van der Waals surface area contributed by atoms with Crippen molar-refractivity contribution in [2.24, 2.45) is 11.8 Å². The third kappa shape index (κ3) is 5.56. The summed E-state index contributed by atoms with van der Waals surface area (Å²) in [6.45, 7) is 9.02. The molecule has 1 aromatic heterocycles. The van der Waals surface area contributed by atoms with Gasteiger partial charge < -0.3 is 9.88 Å². The molecule has 0 bridgehead atoms. The van der Waals surface area contributed by atoms with E-state index in [1.54, 1.807) is 12.1 Å². The molecule has 1 N–H and O–H groups in total. The summed E-state index contributed by atoms with van der Waals surface area (Å²) in [4.78, 5) is 11.8. The molecule has 25 heavy (non-hydrogen) atoms. The first-order chi connectivity index (χ1) is 11.9. The van der Waals surface area contributed by atoms with Crippen molar-refractivity contribution < 1.29 is 9.18 Å². The molecule has 0 aliphatic rings. The van der Waals surface area contributed by atoms with Crippen LogP contribution < -0.4 is 5.32 Å². The van der Waals surface area contributed by atoms with Crippen LogP contribution in [0.1, 0.15) is 39.1 Å². The number of benzene rings is 1. The lowest BCUT2D eigenvalue weighted by molar-refractivity contribution is -0.124. The van der Waals surface area contributed by atoms with Crippen molar-refractivity contribution in [3.05, 3.63) is 41.5 Å². The number of aromatic nitrogens is 3. The molecular weight excluding hydrogens is 339 g/mol. The van der Waals surface area contributed by atoms with E-state index in [4.69, 9.17) is 0 Å². The Kier molecular flexibility index (Phi) is 6.99. The van der Waals surface area contributed by atoms with Crippen molar-refractivity contribution in [1.82, 2.24) is 20.1 Å². The summed E-state index contributed by atoms with van der Waals surface area (Å²) >= 11 is 1.45. The highest BCUT2D eigenvalue weighted by atomic mass is 32.2. The number of thioether (sulfide) groups is 1. The fraction of sp³-hybridized carbons (Fsp3) is 0.500. The van der Waals surface area contributed by atoms with Gasteiger partial charge in [-0.25, -0.2) is 4.39 Å². The number of nitrogens with one attached hydrogen (secondary N) is 1. The number of halogens is 1. The number of hydrogen-bond acceptors (Lipinski definition) is 4. The number of carbonyl (C=O) groups is 1. The first-order valence-electron chi connectivity index (χ1n) is 8.44. The Bertz CT molecular complexity index is 715. The average molecular weight is 364 g/mol. The van der Waals surface area contributed by atoms with Crippen molar-refractivity contribution in [3.63, 3.8) is 0 Å². The van der Waals surface area contributed by atoms with E-state index in [2.05, 4.69) is 29.4 Å². The second-order valence-corrected chi connectivity index (χ2v) is 7.60. The molecule has 2 rings (SSSR count). The lowest BCUT2D eigenvalue weighted by Gasteiger charge is -2.13. The Morgan fingerprint density at radius 1 is 1.24 bits per heavy atom. The Hall–Kier alpha value is -1.89. The number of hydrogen-bond donors (Lipinski definition) is 1. The summed E-state index contributed by atoms with van der Waals surface area (Å²) in [7, 11) is 0. The van der Waals surface area contributed by atoms with Crippen LogP contribution in [0.4, 0.5) is 4.39 Å². The van der Waals surface area contributed by atoms with E-state index < -0.39 is 0 Å². The van der Waals surface area contributed by atoms with Crippen molar-refractivity contribution >= 4 is 17.7 Å². The monoisotopic (exact) mass is 364 g/mol. The van der Waals surface area contributed by atoms with Gasteiger partial charge in [0.2, 0.25) is 5.91 Å². The molecule has 0 fully saturated rings. The van der Waals surface area contributed by atoms with E-state index in [-0.39, 0.29) is 17.6 Å². The van der Waals surface area contributed by atoms with Gasteiger partial charge in [-0.1, -0.05) is 57.7 Å². The molecule has 5 nitrogen and oxygen atoms in total. The summed E-state index contributed by atoms with van der Waals surface area (Å²) in [6.07, 6.45) is 0. The van der Waals surface area contributed by atoms with Crippen molar-refractivity contribution in [2.75, 3.05) is 0 Å². The lowest BCUT2D eigenvalue weighted by atomic mass is 10.2. The van der Waals surface area contributed by atoms with Gasteiger partial charge in [-0.3, -0.25) is 4.79 Å². The van der Waals surface area contributed by atoms with Gasteiger partial charge in [0.25, 0.3) is 0 Å². The maximum Gasteiger partial charge on any atom is 0.222 e. The Morgan fingerprint density at radius 3 is 2.60 bits per heavy atom. The maximum atomic E-state index is 13.8. The summed E-state index contributed by atoms with van der Waals surface area (Å²) in [5.41, 5.74) is 0.640. The fourth-order valence-electron chi connectivity index (χ4n) is 2.23. The van der Waals surface area contributed by atoms with E-state index in [0.29, 0.717) is 23.8 Å². The van der Waals surface area contributed by atoms with Gasteiger partial charge in [0.1, 0.15) is 5.82 Å². The average Bonchev–Trinajstić information content (AvgIpc) is 2.93. The number of nitrogens with zero attached hydrogens (tertiary/aromatic N) is 3. The van der Waals surface area contributed by atoms with Crippen molar-refractivity contribution in [2.45, 2.75) is 51.7 Å². The Balaban J connectivity index is 2.11. The Labute approximate surface area is 152 Å². The minimum Gasteiger partial charge on any atom is -0.349 e. The first kappa shape index (κ1) is 19.4. The van der Waals surface area contributed by atoms with Crippen LogP contribution in [0.3, 0.4) is 0 Å². The van der Waals surface area contributed by atoms with Crippen molar-refractivity contribution in [1.29, 1.82) is 0 Å². The third-order valence-corrected chi connectivity index (χ3v) is 4.62. The second kappa shape index (κ2) is 8.99. The quantitative estimate of drug-likeness (QED) is 0.727. The predicted octanol–water partition coefficient (Wildman–Crippen LogP) is 3.64. The molecule has 1 aromatic carbocycles. The molecule has 0 atom stereocenters. The van der Waals surface area contributed by atoms with Gasteiger partial charge in [-0.2, -0.15) is 0 Å². The SMILES string of the molecule is CC(C)Cn1c(CNC(=O)C(C)C)nnc1SCc1ccccc1F. The Morgan fingerprint density at radius 2 is 1.96 bits per heavy atom. The molecule has 136 valence electrons. The van der Waals surface area contributed by atoms with Crippen LogP contribution in [0, 0.1) is 17.7 Å². The van der Waals surface area contributed by atoms with Gasteiger partial charge in [-0.15, -0.1) is 10.2 Å². The standard InChI is InChI=1S/C18H25FN4OS/c1-12(2)10-23-16(9-20-17(24)13(3)4)21-22-18(23)25-11-14-7-5-6-8-15(14)19/h5-8,12-13H,9-11H2,1-4H3,(H,20,24). The summed E-state index contributed by atoms with van der Waals surface area (Å²) < 4.78 is 15.8. The fourth-order valence-corrected chi connectivity index (χ4v) is 3.19. The topological polar surface area (TPSA) is 59.8 Å². The van der Waals surface area contributed by atoms with Crippen LogP contribution in [0.2, 0.25) is 0 Å². The molecule has 0 unspecified atom stereocenters. The highest BCUT2D eigenvalue weighted by Gasteiger charge is 2.16. The lowest BCUT2D eigenvalue weighted by Crippen LogP contribution is -2.28. The van der Waals surface area contributed by atoms with E-state index in [0.717, 1.165) is 17.5 Å². The number of carbonyl (C=O) groups excluding carboxylic acids is 1. The third-order valence-electron chi connectivity index (χ3n) is 3.60. The zero-order valence-electron chi connectivity index (χ0n) is 15.1. The smallest absolute Gasteiger partial charge is 0.222 e. The predicted molar refractivity (Wildman–Crippen MR) is 97.5 cm³/mol. The molecule has 7 heteroatoms. The van der Waals surface area contributed by atoms with Gasteiger partial charge in [0.15, 0.2) is 11.0 Å². The van der Waals surface area contributed by atoms with E-state index in [1.807, 2.05) is 24.5 Å². The van der Waals surface area contributed by atoms with E-state index in [1.165, 1.54) is 17.8 Å². The highest BCUT2D eigenvalue weighted by Crippen LogP contribution is 2.24. The largest absolute Gasteiger partial charge is 0.349 e. The molecule has 0 aliphatic heterocycles. The van der Waals surface area contributed by atoms with Crippen LogP contribution >= 0.6 is 11.8 Å². The molecule has 1 amide bonds. The molecule has 0 saturated heterocycles. The first-order valence-corrected chi connectivity index (χ1v) is 9.43. The van der Waals surface area contributed by atoms with Gasteiger partial charge in [-0.05, 0) is 17.5 Å². The molecule has 1 heterocycles. The summed E-state index contributed by atoms with van der Waals surface area (Å²) in [6, 6.07) is 6.74. The van der Waals surface area contributed by atoms with Crippen LogP contribution in [0.15, 0.2) is 29.4 Å². The zero-order chi connectivity index (χ0) is 18.4. The van der Waals surface area contributed by atoms with Crippen LogP contribution in [0.25, 0.3) is 0 Å². The molecule has 0 aliphatic carbocycles. The minimum atomic E-state index is -0.214. The van der Waals surface area contributed by atoms with Gasteiger partial charge >= 0.3 is 0 Å². The van der Waals surface area contributed by atoms with Gasteiger partial charge in [0, 0.05) is 18.2 Å². The second-order valence-electron chi connectivity index (χ2n) is 6.66. The summed E-state index contributed by atoms with van der Waals surface area (Å²) in [5, 5.41) is 12.1. The molecule has 2 aromatic rings. The van der Waals surface area contributed by atoms with Crippen LogP contribution in [-0.4, -0.2) is 20.7 Å². The van der Waals surface area contributed by atoms with Crippen LogP contribution in [-0.2, 0) is 23.6 Å². The molecule has 0 spiro atoms. The zero-order valence-corrected chi connectivity index (χ0v) is 15.9.